The number of piperazine rings is 1. The number of nitro groups is 1. The Kier molecular flexibility index (Phi) is 5.44. The fraction of sp³-hybridized carbons (Fsp3) is 0.750. The number of carbonyl (C=O) groups is 1. The van der Waals surface area contributed by atoms with Crippen LogP contribution >= 0.6 is 0 Å². The van der Waals surface area contributed by atoms with E-state index in [1.807, 2.05) is 4.90 Å². The van der Waals surface area contributed by atoms with Gasteiger partial charge in [-0.2, -0.15) is 5.10 Å². The molecular formula is C16H25N5O3. The van der Waals surface area contributed by atoms with Gasteiger partial charge in [-0.15, -0.1) is 0 Å². The highest BCUT2D eigenvalue weighted by Crippen LogP contribution is 2.27. The summed E-state index contributed by atoms with van der Waals surface area (Å²) in [7, 11) is 0. The molecule has 8 nitrogen and oxygen atoms in total. The molecule has 0 unspecified atom stereocenters. The van der Waals surface area contributed by atoms with Gasteiger partial charge in [-0.25, -0.2) is 0 Å². The number of amides is 1. The number of carbonyl (C=O) groups excluding carboxylic acids is 1. The molecule has 0 radical (unpaired) electrons. The number of hydrogen-bond donors (Lipinski definition) is 0. The maximum Gasteiger partial charge on any atom is 0.307 e. The molecule has 1 aliphatic carbocycles. The normalized spacial score (nSPS) is 20.2. The molecule has 0 N–H and O–H groups in total. The van der Waals surface area contributed by atoms with Crippen LogP contribution in [0.25, 0.3) is 0 Å². The first-order chi connectivity index (χ1) is 11.6. The fourth-order valence-electron chi connectivity index (χ4n) is 3.64. The van der Waals surface area contributed by atoms with Crippen LogP contribution in [0.2, 0.25) is 0 Å². The van der Waals surface area contributed by atoms with Gasteiger partial charge in [0, 0.05) is 32.6 Å². The van der Waals surface area contributed by atoms with Crippen molar-refractivity contribution in [2.75, 3.05) is 26.2 Å². The van der Waals surface area contributed by atoms with Gasteiger partial charge in [0.2, 0.25) is 5.91 Å². The Bertz CT molecular complexity index is 574. The average molecular weight is 335 g/mol. The zero-order valence-electron chi connectivity index (χ0n) is 14.0. The van der Waals surface area contributed by atoms with E-state index in [9.17, 15) is 14.9 Å². The van der Waals surface area contributed by atoms with Gasteiger partial charge in [-0.05, 0) is 18.8 Å². The highest BCUT2D eigenvalue weighted by molar-refractivity contribution is 5.76. The average Bonchev–Trinajstić information content (AvgIpc) is 3.05. The molecule has 2 heterocycles. The molecule has 1 aliphatic heterocycles. The van der Waals surface area contributed by atoms with Crippen molar-refractivity contribution in [1.82, 2.24) is 19.6 Å². The van der Waals surface area contributed by atoms with E-state index < -0.39 is 4.92 Å². The molecule has 0 atom stereocenters. The summed E-state index contributed by atoms with van der Waals surface area (Å²) < 4.78 is 1.58. The first-order valence-corrected chi connectivity index (χ1v) is 8.79. The second-order valence-corrected chi connectivity index (χ2v) is 6.84. The van der Waals surface area contributed by atoms with Crippen LogP contribution in [-0.2, 0) is 11.5 Å². The molecule has 2 fully saturated rings. The Labute approximate surface area is 141 Å². The summed E-state index contributed by atoms with van der Waals surface area (Å²) >= 11 is 0. The van der Waals surface area contributed by atoms with Gasteiger partial charge in [-0.1, -0.05) is 19.3 Å². The zero-order valence-corrected chi connectivity index (χ0v) is 14.0. The fourth-order valence-corrected chi connectivity index (χ4v) is 3.64. The van der Waals surface area contributed by atoms with Crippen molar-refractivity contribution in [3.63, 3.8) is 0 Å². The van der Waals surface area contributed by atoms with Crippen molar-refractivity contribution in [3.8, 4) is 0 Å². The van der Waals surface area contributed by atoms with Crippen LogP contribution in [0, 0.1) is 16.0 Å². The van der Waals surface area contributed by atoms with Crippen LogP contribution in [0.5, 0.6) is 0 Å². The molecule has 3 rings (SSSR count). The van der Waals surface area contributed by atoms with Gasteiger partial charge in [0.05, 0.1) is 11.6 Å². The summed E-state index contributed by atoms with van der Waals surface area (Å²) in [5.41, 5.74) is 0.0105. The van der Waals surface area contributed by atoms with E-state index in [1.54, 1.807) is 4.68 Å². The molecule has 8 heteroatoms. The quantitative estimate of drug-likeness (QED) is 0.606. The summed E-state index contributed by atoms with van der Waals surface area (Å²) in [6.45, 7) is 3.55. The molecule has 1 aromatic rings. The number of nitrogens with zero attached hydrogens (tertiary/aromatic N) is 5. The van der Waals surface area contributed by atoms with Crippen LogP contribution in [0.3, 0.4) is 0 Å². The molecule has 0 aromatic carbocycles. The molecule has 24 heavy (non-hydrogen) atoms. The minimum Gasteiger partial charge on any atom is -0.340 e. The van der Waals surface area contributed by atoms with E-state index in [1.165, 1.54) is 44.5 Å². The van der Waals surface area contributed by atoms with E-state index in [-0.39, 0.29) is 11.6 Å². The van der Waals surface area contributed by atoms with Gasteiger partial charge >= 0.3 is 5.69 Å². The summed E-state index contributed by atoms with van der Waals surface area (Å²) in [5, 5.41) is 14.7. The molecule has 1 amide bonds. The van der Waals surface area contributed by atoms with Gasteiger partial charge < -0.3 is 4.90 Å². The molecule has 2 aliphatic rings. The predicted molar refractivity (Wildman–Crippen MR) is 88.2 cm³/mol. The highest BCUT2D eigenvalue weighted by atomic mass is 16.6. The second-order valence-electron chi connectivity index (χ2n) is 6.84. The third-order valence-electron chi connectivity index (χ3n) is 5.09. The third-order valence-corrected chi connectivity index (χ3v) is 5.09. The van der Waals surface area contributed by atoms with E-state index in [2.05, 4.69) is 10.00 Å². The summed E-state index contributed by atoms with van der Waals surface area (Å²) in [6, 6.07) is 0. The number of rotatable bonds is 5. The van der Waals surface area contributed by atoms with Crippen molar-refractivity contribution < 1.29 is 9.72 Å². The smallest absolute Gasteiger partial charge is 0.307 e. The highest BCUT2D eigenvalue weighted by Gasteiger charge is 2.24. The Hall–Kier alpha value is -1.96. The van der Waals surface area contributed by atoms with Crippen LogP contribution in [0.4, 0.5) is 5.69 Å². The molecule has 1 aromatic heterocycles. The molecule has 1 saturated heterocycles. The van der Waals surface area contributed by atoms with Gasteiger partial charge in [0.25, 0.3) is 0 Å². The first-order valence-electron chi connectivity index (χ1n) is 8.79. The van der Waals surface area contributed by atoms with Crippen molar-refractivity contribution in [2.45, 2.75) is 45.2 Å². The van der Waals surface area contributed by atoms with Crippen molar-refractivity contribution in [3.05, 3.63) is 22.5 Å². The van der Waals surface area contributed by atoms with E-state index in [4.69, 9.17) is 0 Å². The molecular weight excluding hydrogens is 310 g/mol. The lowest BCUT2D eigenvalue weighted by atomic mass is 9.86. The van der Waals surface area contributed by atoms with Crippen molar-refractivity contribution in [2.24, 2.45) is 5.92 Å². The predicted octanol–water partition coefficient (Wildman–Crippen LogP) is 1.86. The van der Waals surface area contributed by atoms with Crippen LogP contribution in [0.15, 0.2) is 12.4 Å². The number of hydrogen-bond acceptors (Lipinski definition) is 5. The number of aromatic nitrogens is 2. The lowest BCUT2D eigenvalue weighted by Gasteiger charge is -2.35. The zero-order chi connectivity index (χ0) is 16.9. The van der Waals surface area contributed by atoms with E-state index in [0.717, 1.165) is 26.2 Å². The Balaban J connectivity index is 1.43. The third kappa shape index (κ3) is 4.31. The summed E-state index contributed by atoms with van der Waals surface area (Å²) in [5.74, 6) is 0.866. The monoisotopic (exact) mass is 335 g/mol. The Morgan fingerprint density at radius 2 is 1.92 bits per heavy atom. The molecule has 0 spiro atoms. The molecule has 0 bridgehead atoms. The second kappa shape index (κ2) is 7.74. The van der Waals surface area contributed by atoms with Gasteiger partial charge in [0.1, 0.15) is 12.4 Å². The first kappa shape index (κ1) is 16.9. The Morgan fingerprint density at radius 3 is 2.54 bits per heavy atom. The lowest BCUT2D eigenvalue weighted by Crippen LogP contribution is -2.49. The standard InChI is InChI=1S/C16H25N5O3/c22-16(10-14-4-2-1-3-5-14)19-8-6-18(7-9-19)13-20-12-15(11-17-20)21(23)24/h11-12,14H,1-10,13H2. The van der Waals surface area contributed by atoms with Crippen LogP contribution < -0.4 is 0 Å². The minimum absolute atomic E-state index is 0.0105. The van der Waals surface area contributed by atoms with Crippen molar-refractivity contribution >= 4 is 11.6 Å². The topological polar surface area (TPSA) is 84.5 Å². The van der Waals surface area contributed by atoms with Gasteiger partial charge in [0.15, 0.2) is 0 Å². The Morgan fingerprint density at radius 1 is 1.21 bits per heavy atom. The summed E-state index contributed by atoms with van der Waals surface area (Å²) in [6.07, 6.45) is 9.65. The van der Waals surface area contributed by atoms with Gasteiger partial charge in [-0.3, -0.25) is 24.5 Å². The molecule has 1 saturated carbocycles. The summed E-state index contributed by atoms with van der Waals surface area (Å²) in [4.78, 5) is 26.8. The minimum atomic E-state index is -0.439. The SMILES string of the molecule is O=C(CC1CCCCC1)N1CCN(Cn2cc([N+](=O)[O-])cn2)CC1. The van der Waals surface area contributed by atoms with Crippen LogP contribution in [-0.4, -0.2) is 56.6 Å². The maximum absolute atomic E-state index is 12.4. The maximum atomic E-state index is 12.4. The van der Waals surface area contributed by atoms with Crippen LogP contribution in [0.1, 0.15) is 38.5 Å². The van der Waals surface area contributed by atoms with E-state index in [0.29, 0.717) is 19.0 Å². The molecule has 132 valence electrons. The van der Waals surface area contributed by atoms with E-state index >= 15 is 0 Å². The largest absolute Gasteiger partial charge is 0.340 e. The lowest BCUT2D eigenvalue weighted by molar-refractivity contribution is -0.385. The van der Waals surface area contributed by atoms with Crippen molar-refractivity contribution in [1.29, 1.82) is 0 Å².